The number of alkyl carbamates (subject to hydrolysis) is 1. The maximum Gasteiger partial charge on any atom is 0.408 e. The van der Waals surface area contributed by atoms with Crippen LogP contribution in [-0.2, 0) is 14.6 Å². The minimum atomic E-state index is -3.40. The second-order valence-corrected chi connectivity index (χ2v) is 9.68. The molecule has 134 valence electrons. The number of carbonyl (C=O) groups excluding carboxylic acids is 1. The van der Waals surface area contributed by atoms with Gasteiger partial charge in [-0.15, -0.1) is 0 Å². The Kier molecular flexibility index (Phi) is 4.71. The van der Waals surface area contributed by atoms with Crippen LogP contribution in [0.3, 0.4) is 0 Å². The van der Waals surface area contributed by atoms with Gasteiger partial charge in [0.15, 0.2) is 9.84 Å². The number of rotatable bonds is 4. The number of aryl methyl sites for hydroxylation is 1. The molecule has 0 bridgehead atoms. The van der Waals surface area contributed by atoms with Crippen LogP contribution in [0.4, 0.5) is 4.79 Å². The standard InChI is InChI=1S/C17H26N2O4S/c1-11-6-8-12(9-7-11)13-14(24(5,21)22)17(13,10-18)19-15(20)23-16(2,3)4/h6-9,13-14H,10,18H2,1-5H3,(H,19,20)/t13-,14-,17+/m1/s1. The van der Waals surface area contributed by atoms with Gasteiger partial charge in [-0.05, 0) is 33.3 Å². The highest BCUT2D eigenvalue weighted by Crippen LogP contribution is 2.55. The third-order valence-electron chi connectivity index (χ3n) is 4.23. The third kappa shape index (κ3) is 3.72. The largest absolute Gasteiger partial charge is 0.444 e. The maximum atomic E-state index is 12.2. The Morgan fingerprint density at radius 1 is 1.29 bits per heavy atom. The predicted molar refractivity (Wildman–Crippen MR) is 93.7 cm³/mol. The van der Waals surface area contributed by atoms with Crippen LogP contribution in [0.1, 0.15) is 37.8 Å². The molecule has 1 aromatic rings. The zero-order chi connectivity index (χ0) is 18.3. The fraction of sp³-hybridized carbons (Fsp3) is 0.588. The number of nitrogens with two attached hydrogens (primary N) is 1. The minimum Gasteiger partial charge on any atom is -0.444 e. The predicted octanol–water partition coefficient (Wildman–Crippen LogP) is 1.73. The van der Waals surface area contributed by atoms with Crippen molar-refractivity contribution >= 4 is 15.9 Å². The Bertz CT molecular complexity index is 722. The zero-order valence-corrected chi connectivity index (χ0v) is 15.6. The number of amides is 1. The SMILES string of the molecule is Cc1ccc([C@@H]2[C@@H](S(C)(=O)=O)[C@@]2(CN)NC(=O)OC(C)(C)C)cc1. The summed E-state index contributed by atoms with van der Waals surface area (Å²) in [5.41, 5.74) is 6.10. The van der Waals surface area contributed by atoms with Gasteiger partial charge in [-0.3, -0.25) is 0 Å². The second kappa shape index (κ2) is 6.04. The van der Waals surface area contributed by atoms with E-state index in [0.29, 0.717) is 0 Å². The second-order valence-electron chi connectivity index (χ2n) is 7.51. The molecule has 1 amide bonds. The summed E-state index contributed by atoms with van der Waals surface area (Å²) in [6, 6.07) is 7.60. The van der Waals surface area contributed by atoms with Gasteiger partial charge in [-0.2, -0.15) is 0 Å². The van der Waals surface area contributed by atoms with E-state index in [4.69, 9.17) is 10.5 Å². The lowest BCUT2D eigenvalue weighted by Gasteiger charge is -2.24. The van der Waals surface area contributed by atoms with Crippen LogP contribution in [0.15, 0.2) is 24.3 Å². The zero-order valence-electron chi connectivity index (χ0n) is 14.8. The first kappa shape index (κ1) is 18.7. The van der Waals surface area contributed by atoms with E-state index >= 15 is 0 Å². The van der Waals surface area contributed by atoms with Crippen molar-refractivity contribution in [1.82, 2.24) is 5.32 Å². The molecule has 3 N–H and O–H groups in total. The quantitative estimate of drug-likeness (QED) is 0.858. The average molecular weight is 354 g/mol. The number of nitrogens with one attached hydrogen (secondary N) is 1. The first-order chi connectivity index (χ1) is 10.9. The van der Waals surface area contributed by atoms with Crippen molar-refractivity contribution in [3.8, 4) is 0 Å². The van der Waals surface area contributed by atoms with E-state index in [0.717, 1.165) is 11.1 Å². The van der Waals surface area contributed by atoms with Crippen LogP contribution in [0.2, 0.25) is 0 Å². The molecule has 7 heteroatoms. The van der Waals surface area contributed by atoms with Gasteiger partial charge in [-0.1, -0.05) is 29.8 Å². The summed E-state index contributed by atoms with van der Waals surface area (Å²) in [5.74, 6) is -0.384. The highest BCUT2D eigenvalue weighted by atomic mass is 32.2. The van der Waals surface area contributed by atoms with Gasteiger partial charge in [0.1, 0.15) is 5.60 Å². The van der Waals surface area contributed by atoms with Gasteiger partial charge in [0, 0.05) is 18.7 Å². The summed E-state index contributed by atoms with van der Waals surface area (Å²) in [6.45, 7) is 7.22. The number of hydrogen-bond acceptors (Lipinski definition) is 5. The van der Waals surface area contributed by atoms with Crippen LogP contribution >= 0.6 is 0 Å². The Morgan fingerprint density at radius 3 is 2.25 bits per heavy atom. The summed E-state index contributed by atoms with van der Waals surface area (Å²) in [4.78, 5) is 12.2. The van der Waals surface area contributed by atoms with E-state index in [1.54, 1.807) is 20.8 Å². The van der Waals surface area contributed by atoms with Crippen molar-refractivity contribution < 1.29 is 17.9 Å². The number of sulfone groups is 1. The van der Waals surface area contributed by atoms with Crippen molar-refractivity contribution in [2.45, 2.75) is 50.0 Å². The molecule has 0 spiro atoms. The lowest BCUT2D eigenvalue weighted by Crippen LogP contribution is -2.48. The van der Waals surface area contributed by atoms with Crippen LogP contribution < -0.4 is 11.1 Å². The normalized spacial score (nSPS) is 26.8. The average Bonchev–Trinajstić information content (AvgIpc) is 3.06. The smallest absolute Gasteiger partial charge is 0.408 e. The van der Waals surface area contributed by atoms with Gasteiger partial charge < -0.3 is 15.8 Å². The topological polar surface area (TPSA) is 98.5 Å². The molecule has 1 fully saturated rings. The molecule has 0 aliphatic heterocycles. The Balaban J connectivity index is 2.34. The molecule has 2 rings (SSSR count). The summed E-state index contributed by atoms with van der Waals surface area (Å²) < 4.78 is 29.8. The fourth-order valence-corrected chi connectivity index (χ4v) is 5.10. The van der Waals surface area contributed by atoms with Crippen LogP contribution in [-0.4, -0.2) is 43.7 Å². The molecule has 1 saturated carbocycles. The summed E-state index contributed by atoms with van der Waals surface area (Å²) >= 11 is 0. The molecule has 1 aromatic carbocycles. The van der Waals surface area contributed by atoms with Crippen molar-refractivity contribution in [3.63, 3.8) is 0 Å². The van der Waals surface area contributed by atoms with Gasteiger partial charge in [0.2, 0.25) is 0 Å². The van der Waals surface area contributed by atoms with Gasteiger partial charge >= 0.3 is 6.09 Å². The number of carbonyl (C=O) groups is 1. The molecule has 0 unspecified atom stereocenters. The van der Waals surface area contributed by atoms with Crippen molar-refractivity contribution in [2.75, 3.05) is 12.8 Å². The van der Waals surface area contributed by atoms with E-state index in [2.05, 4.69) is 5.32 Å². The van der Waals surface area contributed by atoms with Crippen molar-refractivity contribution in [2.24, 2.45) is 5.73 Å². The van der Waals surface area contributed by atoms with Gasteiger partial charge in [-0.25, -0.2) is 13.2 Å². The Labute approximate surface area is 143 Å². The Morgan fingerprint density at radius 2 is 1.83 bits per heavy atom. The summed E-state index contributed by atoms with van der Waals surface area (Å²) in [6.07, 6.45) is 0.517. The molecular formula is C17H26N2O4S. The summed E-state index contributed by atoms with van der Waals surface area (Å²) in [5, 5.41) is 1.97. The minimum absolute atomic E-state index is 0.0164. The molecule has 0 aromatic heterocycles. The van der Waals surface area contributed by atoms with Crippen LogP contribution in [0.5, 0.6) is 0 Å². The van der Waals surface area contributed by atoms with E-state index in [-0.39, 0.29) is 12.5 Å². The lowest BCUT2D eigenvalue weighted by molar-refractivity contribution is 0.0497. The number of hydrogen-bond donors (Lipinski definition) is 2. The molecular weight excluding hydrogens is 328 g/mol. The molecule has 0 heterocycles. The molecule has 0 radical (unpaired) electrons. The van der Waals surface area contributed by atoms with Crippen LogP contribution in [0.25, 0.3) is 0 Å². The first-order valence-electron chi connectivity index (χ1n) is 7.87. The first-order valence-corrected chi connectivity index (χ1v) is 9.83. The van der Waals surface area contributed by atoms with Crippen molar-refractivity contribution in [3.05, 3.63) is 35.4 Å². The van der Waals surface area contributed by atoms with E-state index in [9.17, 15) is 13.2 Å². The molecule has 1 aliphatic rings. The van der Waals surface area contributed by atoms with Crippen LogP contribution in [0, 0.1) is 6.92 Å². The monoisotopic (exact) mass is 354 g/mol. The van der Waals surface area contributed by atoms with E-state index in [1.807, 2.05) is 31.2 Å². The highest BCUT2D eigenvalue weighted by molar-refractivity contribution is 7.91. The molecule has 6 nitrogen and oxygen atoms in total. The van der Waals surface area contributed by atoms with E-state index in [1.165, 1.54) is 6.26 Å². The van der Waals surface area contributed by atoms with Gasteiger partial charge in [0.05, 0.1) is 10.8 Å². The lowest BCUT2D eigenvalue weighted by atomic mass is 10.0. The number of benzene rings is 1. The summed E-state index contributed by atoms with van der Waals surface area (Å²) in [7, 11) is -3.40. The van der Waals surface area contributed by atoms with E-state index < -0.39 is 32.3 Å². The maximum absolute atomic E-state index is 12.2. The van der Waals surface area contributed by atoms with Gasteiger partial charge in [0.25, 0.3) is 0 Å². The molecule has 3 atom stereocenters. The molecule has 24 heavy (non-hydrogen) atoms. The Hall–Kier alpha value is -1.60. The molecule has 1 aliphatic carbocycles. The highest BCUT2D eigenvalue weighted by Gasteiger charge is 2.70. The number of ether oxygens (including phenoxy) is 1. The fourth-order valence-electron chi connectivity index (χ4n) is 3.22. The molecule has 0 saturated heterocycles. The third-order valence-corrected chi connectivity index (χ3v) is 5.84. The van der Waals surface area contributed by atoms with Crippen molar-refractivity contribution in [1.29, 1.82) is 0 Å².